The Kier molecular flexibility index (Phi) is 6.24. The van der Waals surface area contributed by atoms with E-state index in [-0.39, 0.29) is 17.3 Å². The molecule has 1 amide bonds. The van der Waals surface area contributed by atoms with Crippen molar-refractivity contribution in [3.63, 3.8) is 0 Å². The highest BCUT2D eigenvalue weighted by atomic mass is 32.2. The van der Waals surface area contributed by atoms with E-state index in [0.29, 0.717) is 19.4 Å². The smallest absolute Gasteiger partial charge is 0.243 e. The van der Waals surface area contributed by atoms with E-state index >= 15 is 0 Å². The van der Waals surface area contributed by atoms with Crippen LogP contribution in [-0.2, 0) is 21.4 Å². The monoisotopic (exact) mass is 417 g/mol. The van der Waals surface area contributed by atoms with Gasteiger partial charge in [0, 0.05) is 30.9 Å². The summed E-state index contributed by atoms with van der Waals surface area (Å²) in [6.07, 6.45) is 2.89. The maximum absolute atomic E-state index is 13.1. The second-order valence-corrected chi connectivity index (χ2v) is 9.22. The van der Waals surface area contributed by atoms with Gasteiger partial charge in [-0.2, -0.15) is 4.31 Å². The van der Waals surface area contributed by atoms with Crippen LogP contribution in [0.1, 0.15) is 29.7 Å². The molecule has 0 spiro atoms. The van der Waals surface area contributed by atoms with Crippen LogP contribution >= 0.6 is 0 Å². The number of hydrogen-bond acceptors (Lipinski definition) is 5. The highest BCUT2D eigenvalue weighted by molar-refractivity contribution is 7.89. The number of aryl methyl sites for hydroxylation is 1. The molecule has 1 aliphatic heterocycles. The molecule has 0 saturated carbocycles. The Morgan fingerprint density at radius 1 is 1.28 bits per heavy atom. The standard InChI is InChI=1S/C21H27N3O4S/c1-15-13-22-18(16(2)20(15)28-4)14-23(3)21(25)19-11-8-12-24(19)29(26,27)17-9-6-5-7-10-17/h5-7,9-10,13,19H,8,11-12,14H2,1-4H3. The first kappa shape index (κ1) is 21.3. The van der Waals surface area contributed by atoms with Gasteiger partial charge in [-0.3, -0.25) is 9.78 Å². The number of carbonyl (C=O) groups excluding carboxylic acids is 1. The van der Waals surface area contributed by atoms with Gasteiger partial charge in [0.2, 0.25) is 15.9 Å². The number of nitrogens with zero attached hydrogens (tertiary/aromatic N) is 3. The fourth-order valence-electron chi connectivity index (χ4n) is 3.79. The number of sulfonamides is 1. The first-order chi connectivity index (χ1) is 13.8. The molecule has 156 valence electrons. The Bertz CT molecular complexity index is 992. The van der Waals surface area contributed by atoms with E-state index in [2.05, 4.69) is 4.98 Å². The zero-order valence-electron chi connectivity index (χ0n) is 17.3. The van der Waals surface area contributed by atoms with Gasteiger partial charge in [0.1, 0.15) is 11.8 Å². The number of amides is 1. The number of hydrogen-bond donors (Lipinski definition) is 0. The molecule has 1 aromatic carbocycles. The van der Waals surface area contributed by atoms with Crippen molar-refractivity contribution in [2.45, 2.75) is 44.2 Å². The van der Waals surface area contributed by atoms with Gasteiger partial charge in [0.25, 0.3) is 0 Å². The second kappa shape index (κ2) is 8.51. The summed E-state index contributed by atoms with van der Waals surface area (Å²) in [6.45, 7) is 4.46. The van der Waals surface area contributed by atoms with Crippen molar-refractivity contribution in [3.05, 3.63) is 53.3 Å². The van der Waals surface area contributed by atoms with Gasteiger partial charge >= 0.3 is 0 Å². The van der Waals surface area contributed by atoms with E-state index < -0.39 is 16.1 Å². The van der Waals surface area contributed by atoms with E-state index in [1.54, 1.807) is 55.6 Å². The average Bonchev–Trinajstić information content (AvgIpc) is 3.21. The lowest BCUT2D eigenvalue weighted by atomic mass is 10.1. The quantitative estimate of drug-likeness (QED) is 0.722. The Morgan fingerprint density at radius 2 is 1.97 bits per heavy atom. The molecule has 1 aromatic heterocycles. The lowest BCUT2D eigenvalue weighted by Crippen LogP contribution is -2.46. The van der Waals surface area contributed by atoms with Gasteiger partial charge in [-0.25, -0.2) is 8.42 Å². The molecule has 8 heteroatoms. The van der Waals surface area contributed by atoms with E-state index in [0.717, 1.165) is 22.6 Å². The highest BCUT2D eigenvalue weighted by Crippen LogP contribution is 2.28. The molecule has 0 N–H and O–H groups in total. The normalized spacial score (nSPS) is 17.3. The molecule has 1 fully saturated rings. The number of likely N-dealkylation sites (N-methyl/N-ethyl adjacent to an activating group) is 1. The first-order valence-corrected chi connectivity index (χ1v) is 11.0. The molecule has 1 atom stereocenters. The lowest BCUT2D eigenvalue weighted by Gasteiger charge is -2.28. The number of aromatic nitrogens is 1. The minimum Gasteiger partial charge on any atom is -0.496 e. The number of benzene rings is 1. The summed E-state index contributed by atoms with van der Waals surface area (Å²) in [6, 6.07) is 7.56. The molecule has 2 heterocycles. The minimum atomic E-state index is -3.71. The molecule has 1 unspecified atom stereocenters. The van der Waals surface area contributed by atoms with Crippen molar-refractivity contribution < 1.29 is 17.9 Å². The first-order valence-electron chi connectivity index (χ1n) is 9.58. The summed E-state index contributed by atoms with van der Waals surface area (Å²) < 4.78 is 32.8. The summed E-state index contributed by atoms with van der Waals surface area (Å²) >= 11 is 0. The molecule has 29 heavy (non-hydrogen) atoms. The van der Waals surface area contributed by atoms with Crippen LogP contribution in [0.4, 0.5) is 0 Å². The fraction of sp³-hybridized carbons (Fsp3) is 0.429. The van der Waals surface area contributed by atoms with Crippen molar-refractivity contribution in [1.82, 2.24) is 14.2 Å². The van der Waals surface area contributed by atoms with Crippen LogP contribution in [-0.4, -0.2) is 55.3 Å². The van der Waals surface area contributed by atoms with Crippen LogP contribution < -0.4 is 4.74 Å². The molecule has 1 aliphatic rings. The van der Waals surface area contributed by atoms with E-state index in [4.69, 9.17) is 4.74 Å². The summed E-state index contributed by atoms with van der Waals surface area (Å²) in [5.74, 6) is 0.535. The SMILES string of the molecule is COc1c(C)cnc(CN(C)C(=O)C2CCCN2S(=O)(=O)c2ccccc2)c1C. The van der Waals surface area contributed by atoms with Crippen molar-refractivity contribution >= 4 is 15.9 Å². The van der Waals surface area contributed by atoms with Crippen LogP contribution in [0.5, 0.6) is 5.75 Å². The van der Waals surface area contributed by atoms with E-state index in [9.17, 15) is 13.2 Å². The molecule has 3 rings (SSSR count). The van der Waals surface area contributed by atoms with Gasteiger partial charge in [-0.15, -0.1) is 0 Å². The lowest BCUT2D eigenvalue weighted by molar-refractivity contribution is -0.133. The van der Waals surface area contributed by atoms with Crippen molar-refractivity contribution in [1.29, 1.82) is 0 Å². The number of ether oxygens (including phenoxy) is 1. The zero-order valence-corrected chi connectivity index (χ0v) is 18.1. The Hall–Kier alpha value is -2.45. The summed E-state index contributed by atoms with van der Waals surface area (Å²) in [5, 5.41) is 0. The summed E-state index contributed by atoms with van der Waals surface area (Å²) in [7, 11) is -0.422. The largest absolute Gasteiger partial charge is 0.496 e. The van der Waals surface area contributed by atoms with Crippen LogP contribution in [0.3, 0.4) is 0 Å². The highest BCUT2D eigenvalue weighted by Gasteiger charge is 2.40. The van der Waals surface area contributed by atoms with Crippen LogP contribution in [0.2, 0.25) is 0 Å². The minimum absolute atomic E-state index is 0.211. The molecular formula is C21H27N3O4S. The molecular weight excluding hydrogens is 390 g/mol. The van der Waals surface area contributed by atoms with E-state index in [1.807, 2.05) is 13.8 Å². The molecule has 0 bridgehead atoms. The summed E-state index contributed by atoms with van der Waals surface area (Å²) in [4.78, 5) is 19.3. The van der Waals surface area contributed by atoms with Gasteiger partial charge in [0.15, 0.2) is 0 Å². The van der Waals surface area contributed by atoms with Gasteiger partial charge in [-0.05, 0) is 38.8 Å². The number of rotatable bonds is 6. The van der Waals surface area contributed by atoms with Crippen molar-refractivity contribution in [2.24, 2.45) is 0 Å². The van der Waals surface area contributed by atoms with Gasteiger partial charge < -0.3 is 9.64 Å². The second-order valence-electron chi connectivity index (χ2n) is 7.33. The molecule has 0 aliphatic carbocycles. The molecule has 2 aromatic rings. The van der Waals surface area contributed by atoms with Crippen molar-refractivity contribution in [3.8, 4) is 5.75 Å². The van der Waals surface area contributed by atoms with Gasteiger partial charge in [0.05, 0.1) is 24.2 Å². The third kappa shape index (κ3) is 4.13. The van der Waals surface area contributed by atoms with E-state index in [1.165, 1.54) is 4.31 Å². The third-order valence-electron chi connectivity index (χ3n) is 5.35. The molecule has 0 radical (unpaired) electrons. The van der Waals surface area contributed by atoms with Gasteiger partial charge in [-0.1, -0.05) is 18.2 Å². The van der Waals surface area contributed by atoms with Crippen LogP contribution in [0, 0.1) is 13.8 Å². The number of methoxy groups -OCH3 is 1. The molecule has 7 nitrogen and oxygen atoms in total. The number of carbonyl (C=O) groups is 1. The topological polar surface area (TPSA) is 79.8 Å². The Balaban J connectivity index is 1.81. The Morgan fingerprint density at radius 3 is 2.62 bits per heavy atom. The maximum atomic E-state index is 13.1. The predicted molar refractivity (Wildman–Crippen MR) is 110 cm³/mol. The maximum Gasteiger partial charge on any atom is 0.243 e. The van der Waals surface area contributed by atoms with Crippen LogP contribution in [0.15, 0.2) is 41.4 Å². The zero-order chi connectivity index (χ0) is 21.2. The number of pyridine rings is 1. The molecule has 1 saturated heterocycles. The van der Waals surface area contributed by atoms with Crippen LogP contribution in [0.25, 0.3) is 0 Å². The fourth-order valence-corrected chi connectivity index (χ4v) is 5.46. The van der Waals surface area contributed by atoms with Crippen molar-refractivity contribution in [2.75, 3.05) is 20.7 Å². The summed E-state index contributed by atoms with van der Waals surface area (Å²) in [5.41, 5.74) is 2.55. The predicted octanol–water partition coefficient (Wildman–Crippen LogP) is 2.52. The Labute approximate surface area is 172 Å². The average molecular weight is 418 g/mol. The third-order valence-corrected chi connectivity index (χ3v) is 7.27.